The fraction of sp³-hybridized carbons (Fsp3) is 0.167. The van der Waals surface area contributed by atoms with Crippen LogP contribution in [0.15, 0.2) is 41.7 Å². The molecule has 0 fully saturated rings. The molecule has 1 aliphatic rings. The van der Waals surface area contributed by atoms with Gasteiger partial charge in [0, 0.05) is 12.1 Å². The smallest absolute Gasteiger partial charge is 0.290 e. The number of alkyl halides is 3. The summed E-state index contributed by atoms with van der Waals surface area (Å²) in [4.78, 5) is 14.7. The Morgan fingerprint density at radius 2 is 2.06 bits per heavy atom. The first kappa shape index (κ1) is 12.5. The molecule has 1 aliphatic heterocycles. The Kier molecular flexibility index (Phi) is 2.82. The number of hydrogen-bond donors (Lipinski definition) is 0. The number of quaternary nitrogens is 1. The molecule has 0 radical (unpaired) electrons. The Balaban J connectivity index is 2.50. The van der Waals surface area contributed by atoms with E-state index in [4.69, 9.17) is 0 Å². The standard InChI is InChI=1S/C12H10F3N2O/c1-17(6-5-16-11(17)8-18)10-4-2-3-9(7-10)12(13,14)15/h2-8H,1H3/q+1. The molecular formula is C12H10F3N2O+. The molecule has 1 aromatic carbocycles. The van der Waals surface area contributed by atoms with E-state index in [0.29, 0.717) is 12.0 Å². The fourth-order valence-corrected chi connectivity index (χ4v) is 1.77. The fourth-order valence-electron chi connectivity index (χ4n) is 1.77. The third-order valence-electron chi connectivity index (χ3n) is 2.86. The summed E-state index contributed by atoms with van der Waals surface area (Å²) in [6, 6.07) is 4.86. The van der Waals surface area contributed by atoms with Crippen molar-refractivity contribution in [1.29, 1.82) is 0 Å². The molecule has 0 aliphatic carbocycles. The first-order valence-electron chi connectivity index (χ1n) is 5.13. The summed E-state index contributed by atoms with van der Waals surface area (Å²) in [5.74, 6) is 0.148. The summed E-state index contributed by atoms with van der Waals surface area (Å²) in [5, 5.41) is 0. The van der Waals surface area contributed by atoms with E-state index in [1.54, 1.807) is 13.2 Å². The summed E-state index contributed by atoms with van der Waals surface area (Å²) in [6.45, 7) is 0. The Labute approximate surface area is 101 Å². The maximum Gasteiger partial charge on any atom is 0.416 e. The van der Waals surface area contributed by atoms with E-state index in [1.165, 1.54) is 18.3 Å². The first-order valence-corrected chi connectivity index (χ1v) is 5.13. The normalized spacial score (nSPS) is 23.0. The highest BCUT2D eigenvalue weighted by atomic mass is 19.4. The lowest BCUT2D eigenvalue weighted by Crippen LogP contribution is -2.44. The van der Waals surface area contributed by atoms with Crippen molar-refractivity contribution in [2.24, 2.45) is 4.99 Å². The Morgan fingerprint density at radius 3 is 2.67 bits per heavy atom. The monoisotopic (exact) mass is 255 g/mol. The summed E-state index contributed by atoms with van der Waals surface area (Å²) < 4.78 is 37.7. The van der Waals surface area contributed by atoms with Gasteiger partial charge in [-0.05, 0) is 6.07 Å². The molecule has 0 saturated carbocycles. The lowest BCUT2D eigenvalue weighted by Gasteiger charge is -2.25. The van der Waals surface area contributed by atoms with Crippen molar-refractivity contribution >= 4 is 17.8 Å². The SMILES string of the molecule is C[N+]1(c2cccc(C(F)(F)F)c2)C=CN=C1C=O. The molecule has 1 aromatic rings. The van der Waals surface area contributed by atoms with E-state index in [-0.39, 0.29) is 10.3 Å². The van der Waals surface area contributed by atoms with Crippen molar-refractivity contribution in [3.05, 3.63) is 42.2 Å². The molecule has 18 heavy (non-hydrogen) atoms. The van der Waals surface area contributed by atoms with Crippen LogP contribution in [0.25, 0.3) is 0 Å². The van der Waals surface area contributed by atoms with Gasteiger partial charge in [0.2, 0.25) is 6.29 Å². The second kappa shape index (κ2) is 4.06. The number of nitrogens with zero attached hydrogens (tertiary/aromatic N) is 2. The van der Waals surface area contributed by atoms with Gasteiger partial charge in [-0.25, -0.2) is 4.48 Å². The molecule has 1 atom stereocenters. The number of amidine groups is 1. The molecule has 1 unspecified atom stereocenters. The van der Waals surface area contributed by atoms with Crippen molar-refractivity contribution in [3.8, 4) is 0 Å². The molecule has 94 valence electrons. The minimum Gasteiger partial charge on any atom is -0.290 e. The molecule has 1 heterocycles. The lowest BCUT2D eigenvalue weighted by atomic mass is 10.1. The van der Waals surface area contributed by atoms with Gasteiger partial charge >= 0.3 is 6.18 Å². The number of aliphatic imine (C=N–C) groups is 1. The van der Waals surface area contributed by atoms with Gasteiger partial charge in [0.05, 0.1) is 18.8 Å². The lowest BCUT2D eigenvalue weighted by molar-refractivity contribution is -0.137. The molecule has 2 rings (SSSR count). The molecule has 0 bridgehead atoms. The highest BCUT2D eigenvalue weighted by molar-refractivity contribution is 6.32. The van der Waals surface area contributed by atoms with Crippen LogP contribution in [0.3, 0.4) is 0 Å². The molecular weight excluding hydrogens is 245 g/mol. The highest BCUT2D eigenvalue weighted by Gasteiger charge is 2.36. The second-order valence-corrected chi connectivity index (χ2v) is 4.03. The van der Waals surface area contributed by atoms with Crippen LogP contribution in [0.2, 0.25) is 0 Å². The summed E-state index contributed by atoms with van der Waals surface area (Å²) in [6.07, 6.45) is -0.902. The Bertz CT molecular complexity index is 548. The topological polar surface area (TPSA) is 29.4 Å². The van der Waals surface area contributed by atoms with Gasteiger partial charge in [0.25, 0.3) is 5.84 Å². The minimum atomic E-state index is -4.41. The van der Waals surface area contributed by atoms with Gasteiger partial charge in [-0.2, -0.15) is 18.2 Å². The highest BCUT2D eigenvalue weighted by Crippen LogP contribution is 2.34. The number of halogens is 3. The van der Waals surface area contributed by atoms with Crippen molar-refractivity contribution in [1.82, 2.24) is 4.48 Å². The third kappa shape index (κ3) is 1.95. The number of benzene rings is 1. The van der Waals surface area contributed by atoms with Crippen molar-refractivity contribution in [3.63, 3.8) is 0 Å². The number of hydrogen-bond acceptors (Lipinski definition) is 2. The maximum atomic E-state index is 12.6. The summed E-state index contributed by atoms with van der Waals surface area (Å²) in [5.41, 5.74) is -0.408. The average molecular weight is 255 g/mol. The molecule has 0 N–H and O–H groups in total. The van der Waals surface area contributed by atoms with Crippen LogP contribution < -0.4 is 4.48 Å². The molecule has 0 saturated heterocycles. The van der Waals surface area contributed by atoms with E-state index in [2.05, 4.69) is 4.99 Å². The van der Waals surface area contributed by atoms with Crippen LogP contribution in [0.4, 0.5) is 18.9 Å². The number of rotatable bonds is 2. The van der Waals surface area contributed by atoms with Crippen LogP contribution in [-0.2, 0) is 11.0 Å². The van der Waals surface area contributed by atoms with Crippen LogP contribution in [0.5, 0.6) is 0 Å². The largest absolute Gasteiger partial charge is 0.416 e. The van der Waals surface area contributed by atoms with Gasteiger partial charge in [-0.3, -0.25) is 4.79 Å². The zero-order chi connectivity index (χ0) is 13.4. The zero-order valence-corrected chi connectivity index (χ0v) is 9.48. The van der Waals surface area contributed by atoms with Crippen molar-refractivity contribution in [2.75, 3.05) is 7.05 Å². The molecule has 0 spiro atoms. The predicted octanol–water partition coefficient (Wildman–Crippen LogP) is 2.72. The Hall–Kier alpha value is -1.95. The zero-order valence-electron chi connectivity index (χ0n) is 9.48. The molecule has 6 heteroatoms. The number of carbonyl (C=O) groups is 1. The quantitative estimate of drug-likeness (QED) is 0.590. The van der Waals surface area contributed by atoms with Crippen LogP contribution in [0.1, 0.15) is 5.56 Å². The van der Waals surface area contributed by atoms with E-state index >= 15 is 0 Å². The number of aldehydes is 1. The third-order valence-corrected chi connectivity index (χ3v) is 2.86. The van der Waals surface area contributed by atoms with Gasteiger partial charge in [-0.15, -0.1) is 0 Å². The summed E-state index contributed by atoms with van der Waals surface area (Å²) >= 11 is 0. The van der Waals surface area contributed by atoms with E-state index in [0.717, 1.165) is 12.1 Å². The van der Waals surface area contributed by atoms with Gasteiger partial charge in [0.15, 0.2) is 0 Å². The molecule has 0 aromatic heterocycles. The van der Waals surface area contributed by atoms with Gasteiger partial charge in [0.1, 0.15) is 11.9 Å². The second-order valence-electron chi connectivity index (χ2n) is 4.03. The van der Waals surface area contributed by atoms with E-state index < -0.39 is 11.7 Å². The van der Waals surface area contributed by atoms with E-state index in [9.17, 15) is 18.0 Å². The van der Waals surface area contributed by atoms with Crippen LogP contribution in [-0.4, -0.2) is 19.2 Å². The minimum absolute atomic E-state index is 0.148. The molecule has 0 amide bonds. The first-order chi connectivity index (χ1) is 8.38. The summed E-state index contributed by atoms with van der Waals surface area (Å²) in [7, 11) is 1.60. The van der Waals surface area contributed by atoms with Crippen LogP contribution in [0, 0.1) is 0 Å². The molecule has 3 nitrogen and oxygen atoms in total. The van der Waals surface area contributed by atoms with Gasteiger partial charge < -0.3 is 0 Å². The number of carbonyl (C=O) groups excluding carboxylic acids is 1. The predicted molar refractivity (Wildman–Crippen MR) is 61.8 cm³/mol. The maximum absolute atomic E-state index is 12.6. The number of likely N-dealkylation sites (N-methyl/N-ethyl adjacent to an activating group) is 1. The van der Waals surface area contributed by atoms with Gasteiger partial charge in [-0.1, -0.05) is 6.07 Å². The Morgan fingerprint density at radius 1 is 1.33 bits per heavy atom. The van der Waals surface area contributed by atoms with Crippen molar-refractivity contribution in [2.45, 2.75) is 6.18 Å². The van der Waals surface area contributed by atoms with Crippen LogP contribution >= 0.6 is 0 Å². The van der Waals surface area contributed by atoms with Crippen molar-refractivity contribution < 1.29 is 18.0 Å². The average Bonchev–Trinajstić information content (AvgIpc) is 2.71. The van der Waals surface area contributed by atoms with E-state index in [1.807, 2.05) is 0 Å².